The number of nitrogens with one attached hydrogen (secondary N) is 2. The van der Waals surface area contributed by atoms with Gasteiger partial charge < -0.3 is 30.0 Å². The number of ether oxygens (including phenoxy) is 3. The molecule has 0 radical (unpaired) electrons. The number of hydrogen-bond donors (Lipinski definition) is 3. The van der Waals surface area contributed by atoms with Crippen molar-refractivity contribution in [1.82, 2.24) is 15.5 Å². The maximum atomic E-state index is 13.1. The first kappa shape index (κ1) is 27.4. The molecule has 4 fully saturated rings. The van der Waals surface area contributed by atoms with Crippen molar-refractivity contribution in [3.8, 4) is 0 Å². The van der Waals surface area contributed by atoms with E-state index in [0.717, 1.165) is 44.1 Å². The van der Waals surface area contributed by atoms with Crippen molar-refractivity contribution in [1.29, 1.82) is 0 Å². The highest BCUT2D eigenvalue weighted by atomic mass is 16.7. The summed E-state index contributed by atoms with van der Waals surface area (Å²) in [7, 11) is 0. The van der Waals surface area contributed by atoms with Gasteiger partial charge in [0.25, 0.3) is 0 Å². The van der Waals surface area contributed by atoms with Crippen LogP contribution in [0.25, 0.3) is 0 Å². The van der Waals surface area contributed by atoms with Gasteiger partial charge in [-0.3, -0.25) is 9.69 Å². The minimum atomic E-state index is -0.892. The van der Waals surface area contributed by atoms with Crippen LogP contribution in [0.15, 0.2) is 30.3 Å². The van der Waals surface area contributed by atoms with E-state index < -0.39 is 18.2 Å². The summed E-state index contributed by atoms with van der Waals surface area (Å²) in [5.74, 6) is 0.425. The van der Waals surface area contributed by atoms with Crippen LogP contribution in [0.1, 0.15) is 57.9 Å². The summed E-state index contributed by atoms with van der Waals surface area (Å²) in [6.07, 6.45) is 4.23. The number of carbonyl (C=O) groups excluding carboxylic acids is 2. The molecule has 2 amide bonds. The Labute approximate surface area is 225 Å². The number of hydrogen-bond acceptors (Lipinski definition) is 7. The standard InChI is InChI=1S/C29H43N3O6/c1-19(2)16-32(23-15-29(31-26(23)34)11-6-7-12-29)17-24(33)22(14-20-8-4-3-5-9-20)30-28(35)38-25-18-37-27-21(25)10-13-36-27/h3-5,8-9,19,21-25,27,33H,6-7,10-18H2,1-2H3,(H,30,35)(H,31,34)/t21-,22-,23?,24+,25?,27+/m0/s1. The second-order valence-corrected chi connectivity index (χ2v) is 12.0. The summed E-state index contributed by atoms with van der Waals surface area (Å²) in [6, 6.07) is 8.95. The van der Waals surface area contributed by atoms with Gasteiger partial charge in [-0.1, -0.05) is 57.0 Å². The van der Waals surface area contributed by atoms with Crippen molar-refractivity contribution in [2.75, 3.05) is 26.3 Å². The first-order chi connectivity index (χ1) is 18.3. The van der Waals surface area contributed by atoms with E-state index in [-0.39, 0.29) is 42.3 Å². The van der Waals surface area contributed by atoms with Gasteiger partial charge >= 0.3 is 6.09 Å². The average molecular weight is 530 g/mol. The number of benzene rings is 1. The molecule has 4 aliphatic rings. The third-order valence-electron chi connectivity index (χ3n) is 8.61. The summed E-state index contributed by atoms with van der Waals surface area (Å²) < 4.78 is 16.9. The first-order valence-corrected chi connectivity index (χ1v) is 14.3. The molecular formula is C29H43N3O6. The van der Waals surface area contributed by atoms with Gasteiger partial charge in [0, 0.05) is 18.6 Å². The minimum Gasteiger partial charge on any atom is -0.443 e. The summed E-state index contributed by atoms with van der Waals surface area (Å²) >= 11 is 0. The van der Waals surface area contributed by atoms with Crippen molar-refractivity contribution in [2.45, 2.75) is 94.9 Å². The lowest BCUT2D eigenvalue weighted by molar-refractivity contribution is -0.124. The van der Waals surface area contributed by atoms with Gasteiger partial charge in [0.1, 0.15) is 6.10 Å². The summed E-state index contributed by atoms with van der Waals surface area (Å²) in [5.41, 5.74) is 0.905. The molecule has 3 aliphatic heterocycles. The summed E-state index contributed by atoms with van der Waals surface area (Å²) in [5, 5.41) is 17.8. The van der Waals surface area contributed by atoms with Crippen LogP contribution in [-0.2, 0) is 25.4 Å². The second kappa shape index (κ2) is 11.9. The Kier molecular flexibility index (Phi) is 8.57. The van der Waals surface area contributed by atoms with E-state index in [9.17, 15) is 14.7 Å². The number of carbonyl (C=O) groups is 2. The first-order valence-electron chi connectivity index (χ1n) is 14.3. The Hall–Kier alpha value is -2.20. The fourth-order valence-corrected chi connectivity index (χ4v) is 6.72. The van der Waals surface area contributed by atoms with Crippen molar-refractivity contribution in [3.05, 3.63) is 35.9 Å². The van der Waals surface area contributed by atoms with Crippen LogP contribution < -0.4 is 10.6 Å². The number of aliphatic hydroxyl groups is 1. The van der Waals surface area contributed by atoms with Crippen LogP contribution in [0.4, 0.5) is 4.79 Å². The maximum absolute atomic E-state index is 13.1. The third kappa shape index (κ3) is 6.33. The molecule has 1 saturated carbocycles. The van der Waals surface area contributed by atoms with Crippen LogP contribution in [0, 0.1) is 11.8 Å². The monoisotopic (exact) mass is 529 g/mol. The van der Waals surface area contributed by atoms with Crippen LogP contribution in [-0.4, -0.2) is 84.4 Å². The number of rotatable bonds is 10. The molecule has 0 bridgehead atoms. The van der Waals surface area contributed by atoms with Gasteiger partial charge in [0.2, 0.25) is 5.91 Å². The second-order valence-electron chi connectivity index (χ2n) is 12.0. The molecule has 210 valence electrons. The SMILES string of the molecule is CC(C)CN(C[C@@H](O)[C@H](Cc1ccccc1)NC(=O)OC1CO[C@H]2OCC[C@@H]12)C1CC2(CCCC2)NC1=O. The van der Waals surface area contributed by atoms with Gasteiger partial charge in [-0.25, -0.2) is 4.79 Å². The highest BCUT2D eigenvalue weighted by molar-refractivity contribution is 5.85. The van der Waals surface area contributed by atoms with E-state index in [4.69, 9.17) is 14.2 Å². The molecule has 1 aromatic rings. The van der Waals surface area contributed by atoms with Gasteiger partial charge in [-0.2, -0.15) is 0 Å². The summed E-state index contributed by atoms with van der Waals surface area (Å²) in [4.78, 5) is 28.3. The van der Waals surface area contributed by atoms with Gasteiger partial charge in [0.15, 0.2) is 6.29 Å². The lowest BCUT2D eigenvalue weighted by Gasteiger charge is -2.34. The molecule has 38 heavy (non-hydrogen) atoms. The van der Waals surface area contributed by atoms with Crippen molar-refractivity contribution in [3.63, 3.8) is 0 Å². The molecule has 3 heterocycles. The number of fused-ring (bicyclic) bond motifs is 1. The molecule has 3 N–H and O–H groups in total. The lowest BCUT2D eigenvalue weighted by atomic mass is 9.93. The fourth-order valence-electron chi connectivity index (χ4n) is 6.72. The fraction of sp³-hybridized carbons (Fsp3) is 0.724. The molecule has 9 nitrogen and oxygen atoms in total. The molecule has 2 unspecified atom stereocenters. The molecule has 1 aromatic carbocycles. The Balaban J connectivity index is 1.27. The van der Waals surface area contributed by atoms with Gasteiger partial charge in [0.05, 0.1) is 37.3 Å². The predicted octanol–water partition coefficient (Wildman–Crippen LogP) is 2.61. The van der Waals surface area contributed by atoms with Crippen molar-refractivity contribution < 1.29 is 28.9 Å². The topological polar surface area (TPSA) is 109 Å². The predicted molar refractivity (Wildman–Crippen MR) is 141 cm³/mol. The molecule has 6 atom stereocenters. The Morgan fingerprint density at radius 3 is 2.71 bits per heavy atom. The third-order valence-corrected chi connectivity index (χ3v) is 8.61. The molecular weight excluding hydrogens is 486 g/mol. The summed E-state index contributed by atoms with van der Waals surface area (Å²) in [6.45, 7) is 6.14. The zero-order chi connectivity index (χ0) is 26.7. The highest BCUT2D eigenvalue weighted by Gasteiger charge is 2.48. The number of aliphatic hydroxyl groups excluding tert-OH is 1. The van der Waals surface area contributed by atoms with E-state index in [2.05, 4.69) is 29.4 Å². The largest absolute Gasteiger partial charge is 0.443 e. The van der Waals surface area contributed by atoms with Crippen molar-refractivity contribution in [2.24, 2.45) is 11.8 Å². The number of amides is 2. The van der Waals surface area contributed by atoms with E-state index in [1.54, 1.807) is 0 Å². The van der Waals surface area contributed by atoms with Crippen LogP contribution >= 0.6 is 0 Å². The van der Waals surface area contributed by atoms with Crippen LogP contribution in [0.5, 0.6) is 0 Å². The maximum Gasteiger partial charge on any atom is 0.407 e. The highest BCUT2D eigenvalue weighted by Crippen LogP contribution is 2.39. The van der Waals surface area contributed by atoms with Gasteiger partial charge in [-0.05, 0) is 43.6 Å². The van der Waals surface area contributed by atoms with E-state index in [0.29, 0.717) is 32.1 Å². The Bertz CT molecular complexity index is 953. The van der Waals surface area contributed by atoms with Crippen molar-refractivity contribution >= 4 is 12.0 Å². The molecule has 0 aromatic heterocycles. The van der Waals surface area contributed by atoms with E-state index >= 15 is 0 Å². The van der Waals surface area contributed by atoms with Gasteiger partial charge in [-0.15, -0.1) is 0 Å². The number of alkyl carbamates (subject to hydrolysis) is 1. The molecule has 1 spiro atoms. The number of nitrogens with zero attached hydrogens (tertiary/aromatic N) is 1. The molecule has 1 aliphatic carbocycles. The Morgan fingerprint density at radius 2 is 1.97 bits per heavy atom. The van der Waals surface area contributed by atoms with E-state index in [1.807, 2.05) is 30.3 Å². The quantitative estimate of drug-likeness (QED) is 0.428. The van der Waals surface area contributed by atoms with E-state index in [1.165, 1.54) is 0 Å². The zero-order valence-corrected chi connectivity index (χ0v) is 22.6. The lowest BCUT2D eigenvalue weighted by Crippen LogP contribution is -2.53. The normalized spacial score (nSPS) is 29.6. The Morgan fingerprint density at radius 1 is 1.21 bits per heavy atom. The molecule has 3 saturated heterocycles. The van der Waals surface area contributed by atoms with Crippen LogP contribution in [0.3, 0.4) is 0 Å². The smallest absolute Gasteiger partial charge is 0.407 e. The molecule has 9 heteroatoms. The zero-order valence-electron chi connectivity index (χ0n) is 22.6. The average Bonchev–Trinajstić information content (AvgIpc) is 3.66. The molecule has 5 rings (SSSR count). The van der Waals surface area contributed by atoms with Crippen LogP contribution in [0.2, 0.25) is 0 Å². The minimum absolute atomic E-state index is 0.0450.